The highest BCUT2D eigenvalue weighted by Gasteiger charge is 2.46. The van der Waals surface area contributed by atoms with E-state index < -0.39 is 5.97 Å². The molecule has 41 heavy (non-hydrogen) atoms. The maximum absolute atomic E-state index is 11.7. The van der Waals surface area contributed by atoms with Gasteiger partial charge in [0, 0.05) is 18.5 Å². The fourth-order valence-corrected chi connectivity index (χ4v) is 8.03. The van der Waals surface area contributed by atoms with E-state index in [1.54, 1.807) is 23.5 Å². The molecule has 3 atom stereocenters. The molecular formula is C30H28Cl2N4O4S. The first kappa shape index (κ1) is 25.8. The molecule has 212 valence electrons. The highest BCUT2D eigenvalue weighted by Crippen LogP contribution is 2.47. The van der Waals surface area contributed by atoms with Crippen LogP contribution in [0.15, 0.2) is 36.5 Å². The molecule has 0 amide bonds. The van der Waals surface area contributed by atoms with Crippen molar-refractivity contribution in [3.8, 4) is 11.4 Å². The number of aromatic carboxylic acids is 1. The molecule has 2 aromatic carbocycles. The Morgan fingerprint density at radius 2 is 1.93 bits per heavy atom. The number of halogens is 2. The second-order valence-corrected chi connectivity index (χ2v) is 13.5. The van der Waals surface area contributed by atoms with E-state index in [1.807, 2.05) is 29.1 Å². The maximum Gasteiger partial charge on any atom is 0.335 e. The van der Waals surface area contributed by atoms with Crippen molar-refractivity contribution < 1.29 is 19.4 Å². The van der Waals surface area contributed by atoms with Gasteiger partial charge in [-0.15, -0.1) is 0 Å². The normalized spacial score (nSPS) is 23.6. The first-order valence-electron chi connectivity index (χ1n) is 14.2. The lowest BCUT2D eigenvalue weighted by atomic mass is 10.1. The van der Waals surface area contributed by atoms with E-state index in [9.17, 15) is 9.90 Å². The fraction of sp³-hybridized carbons (Fsp3) is 0.433. The van der Waals surface area contributed by atoms with Gasteiger partial charge in [0.05, 0.1) is 51.0 Å². The molecule has 0 radical (unpaired) electrons. The Bertz CT molecular complexity index is 1660. The van der Waals surface area contributed by atoms with Crippen LogP contribution in [-0.4, -0.2) is 50.6 Å². The number of fused-ring (bicyclic) bond motifs is 3. The van der Waals surface area contributed by atoms with Crippen molar-refractivity contribution in [1.29, 1.82) is 0 Å². The number of hydrogen-bond acceptors (Lipinski definition) is 7. The third-order valence-corrected chi connectivity index (χ3v) is 10.4. The van der Waals surface area contributed by atoms with E-state index in [-0.39, 0.29) is 17.8 Å². The van der Waals surface area contributed by atoms with Gasteiger partial charge in [-0.05, 0) is 74.3 Å². The third-order valence-electron chi connectivity index (χ3n) is 8.74. The van der Waals surface area contributed by atoms with E-state index >= 15 is 0 Å². The zero-order chi connectivity index (χ0) is 27.8. The Morgan fingerprint density at radius 3 is 2.61 bits per heavy atom. The highest BCUT2D eigenvalue weighted by atomic mass is 35.5. The van der Waals surface area contributed by atoms with Gasteiger partial charge in [-0.25, -0.2) is 14.5 Å². The maximum atomic E-state index is 11.7. The van der Waals surface area contributed by atoms with Crippen molar-refractivity contribution in [3.05, 3.63) is 63.4 Å². The van der Waals surface area contributed by atoms with Gasteiger partial charge >= 0.3 is 5.97 Å². The minimum Gasteiger partial charge on any atom is -0.488 e. The molecule has 11 heteroatoms. The average Bonchev–Trinajstić information content (AvgIpc) is 3.77. The Morgan fingerprint density at radius 1 is 1.12 bits per heavy atom. The van der Waals surface area contributed by atoms with Crippen LogP contribution >= 0.6 is 34.5 Å². The van der Waals surface area contributed by atoms with Crippen LogP contribution in [0.2, 0.25) is 10.0 Å². The summed E-state index contributed by atoms with van der Waals surface area (Å²) in [4.78, 5) is 19.1. The minimum absolute atomic E-state index is 0.148. The average molecular weight is 612 g/mol. The molecule has 2 bridgehead atoms. The monoisotopic (exact) mass is 610 g/mol. The van der Waals surface area contributed by atoms with Crippen molar-refractivity contribution in [2.45, 2.75) is 69.3 Å². The number of hydrogen-bond donors (Lipinski definition) is 1. The number of piperidine rings is 1. The van der Waals surface area contributed by atoms with Crippen molar-refractivity contribution >= 4 is 55.9 Å². The number of rotatable bonds is 9. The molecular weight excluding hydrogens is 583 g/mol. The fourth-order valence-electron chi connectivity index (χ4n) is 6.37. The molecule has 3 heterocycles. The lowest BCUT2D eigenvalue weighted by Gasteiger charge is -2.31. The van der Waals surface area contributed by atoms with Crippen LogP contribution in [-0.2, 0) is 11.3 Å². The standard InChI is InChI=1S/C30H28Cl2N4O4S/c31-21-2-1-3-22(32)28(21)36-23(20(12-33-36)15-4-5-15)14-39-24-11-18-8-17(24)13-35(18)30-34-27-25(40-19-6-7-19)9-16(29(37)38)10-26(27)41-30/h1-3,9-10,12,15,17-19,24H,4-8,11,13-14H2,(H,37,38)/t17-,18-,24+/m0/s1. The molecule has 1 N–H and O–H groups in total. The number of carboxylic acid groups (broad SMARTS) is 1. The summed E-state index contributed by atoms with van der Waals surface area (Å²) in [6.07, 6.45) is 8.58. The van der Waals surface area contributed by atoms with Crippen LogP contribution in [0.5, 0.6) is 5.75 Å². The summed E-state index contributed by atoms with van der Waals surface area (Å²) in [5.74, 6) is 0.546. The molecule has 4 aromatic rings. The zero-order valence-electron chi connectivity index (χ0n) is 22.1. The summed E-state index contributed by atoms with van der Waals surface area (Å²) in [5, 5.41) is 16.4. The van der Waals surface area contributed by atoms with Crippen molar-refractivity contribution in [1.82, 2.24) is 14.8 Å². The van der Waals surface area contributed by atoms with Crippen LogP contribution in [0.4, 0.5) is 5.13 Å². The number of anilines is 1. The topological polar surface area (TPSA) is 89.7 Å². The number of benzene rings is 2. The lowest BCUT2D eigenvalue weighted by molar-refractivity contribution is 0.00993. The lowest BCUT2D eigenvalue weighted by Crippen LogP contribution is -2.38. The molecule has 1 aliphatic heterocycles. The van der Waals surface area contributed by atoms with E-state index in [4.69, 9.17) is 37.7 Å². The van der Waals surface area contributed by atoms with Crippen molar-refractivity contribution in [2.75, 3.05) is 11.4 Å². The van der Waals surface area contributed by atoms with Gasteiger partial charge in [0.25, 0.3) is 0 Å². The van der Waals surface area contributed by atoms with E-state index in [2.05, 4.69) is 10.00 Å². The predicted molar refractivity (Wildman–Crippen MR) is 158 cm³/mol. The van der Waals surface area contributed by atoms with E-state index in [1.165, 1.54) is 18.4 Å². The molecule has 8 nitrogen and oxygen atoms in total. The van der Waals surface area contributed by atoms with Gasteiger partial charge in [-0.1, -0.05) is 40.6 Å². The van der Waals surface area contributed by atoms with Gasteiger partial charge in [-0.3, -0.25) is 0 Å². The third kappa shape index (κ3) is 4.67. The summed E-state index contributed by atoms with van der Waals surface area (Å²) in [6.45, 7) is 1.33. The van der Waals surface area contributed by atoms with Crippen molar-refractivity contribution in [3.63, 3.8) is 0 Å². The summed E-state index contributed by atoms with van der Waals surface area (Å²) in [6, 6.07) is 9.18. The first-order chi connectivity index (χ1) is 19.9. The number of aromatic nitrogens is 3. The number of ether oxygens (including phenoxy) is 2. The summed E-state index contributed by atoms with van der Waals surface area (Å²) in [5.41, 5.74) is 3.96. The molecule has 4 aliphatic rings. The number of nitrogens with zero attached hydrogens (tertiary/aromatic N) is 4. The quantitative estimate of drug-likeness (QED) is 0.216. The Hall–Kier alpha value is -2.85. The summed E-state index contributed by atoms with van der Waals surface area (Å²) >= 11 is 14.7. The van der Waals surface area contributed by atoms with Gasteiger partial charge in [0.15, 0.2) is 5.13 Å². The van der Waals surface area contributed by atoms with Gasteiger partial charge in [0.1, 0.15) is 17.0 Å². The van der Waals surface area contributed by atoms with Gasteiger partial charge in [-0.2, -0.15) is 5.10 Å². The second-order valence-electron chi connectivity index (χ2n) is 11.6. The second kappa shape index (κ2) is 9.87. The molecule has 3 saturated carbocycles. The number of para-hydroxylation sites is 1. The minimum atomic E-state index is -0.953. The Labute approximate surface area is 250 Å². The van der Waals surface area contributed by atoms with Crippen LogP contribution in [0.3, 0.4) is 0 Å². The Kier molecular flexibility index (Phi) is 6.21. The molecule has 4 fully saturated rings. The predicted octanol–water partition coefficient (Wildman–Crippen LogP) is 7.09. The molecule has 1 saturated heterocycles. The number of carboxylic acids is 1. The first-order valence-corrected chi connectivity index (χ1v) is 15.7. The summed E-state index contributed by atoms with van der Waals surface area (Å²) in [7, 11) is 0. The molecule has 8 rings (SSSR count). The summed E-state index contributed by atoms with van der Waals surface area (Å²) < 4.78 is 15.4. The van der Waals surface area contributed by atoms with E-state index in [0.717, 1.165) is 53.3 Å². The Balaban J connectivity index is 1.01. The SMILES string of the molecule is O=C(O)c1cc(OC2CC2)c2nc(N3C[C@@H]4C[C@H]3C[C@H]4OCc3c(C4CC4)cnn3-c3c(Cl)cccc3Cl)sc2c1. The van der Waals surface area contributed by atoms with Crippen LogP contribution in [0.25, 0.3) is 15.9 Å². The van der Waals surface area contributed by atoms with Gasteiger partial charge < -0.3 is 19.5 Å². The molecule has 3 aliphatic carbocycles. The van der Waals surface area contributed by atoms with E-state index in [0.29, 0.717) is 46.0 Å². The van der Waals surface area contributed by atoms with Gasteiger partial charge in [0.2, 0.25) is 0 Å². The molecule has 0 spiro atoms. The highest BCUT2D eigenvalue weighted by molar-refractivity contribution is 7.22. The molecule has 2 aromatic heterocycles. The smallest absolute Gasteiger partial charge is 0.335 e. The zero-order valence-corrected chi connectivity index (χ0v) is 24.5. The number of carbonyl (C=O) groups is 1. The largest absolute Gasteiger partial charge is 0.488 e. The van der Waals surface area contributed by atoms with Crippen LogP contribution < -0.4 is 9.64 Å². The van der Waals surface area contributed by atoms with Crippen LogP contribution in [0, 0.1) is 5.92 Å². The number of thiazole rings is 1. The molecule has 0 unspecified atom stereocenters. The van der Waals surface area contributed by atoms with Crippen molar-refractivity contribution in [2.24, 2.45) is 5.92 Å². The van der Waals surface area contributed by atoms with Crippen LogP contribution in [0.1, 0.15) is 66.1 Å².